The summed E-state index contributed by atoms with van der Waals surface area (Å²) in [5, 5.41) is 8.84. The standard InChI is InChI=1S/C15H14O3/c16-15(17)14-8-7-13(18-14)12-6-2-5-11(9-12)10-3-1-4-10/h2,5-10H,1,3-4H2,(H,16,17). The molecule has 1 heterocycles. The highest BCUT2D eigenvalue weighted by Gasteiger charge is 2.20. The molecule has 1 fully saturated rings. The molecule has 2 aromatic rings. The molecule has 0 aliphatic heterocycles. The van der Waals surface area contributed by atoms with Crippen LogP contribution in [0.2, 0.25) is 0 Å². The Morgan fingerprint density at radius 1 is 1.22 bits per heavy atom. The fraction of sp³-hybridized carbons (Fsp3) is 0.267. The molecule has 0 bridgehead atoms. The number of hydrogen-bond donors (Lipinski definition) is 1. The van der Waals surface area contributed by atoms with E-state index in [0.29, 0.717) is 11.7 Å². The van der Waals surface area contributed by atoms with E-state index in [0.717, 1.165) is 5.56 Å². The average Bonchev–Trinajstić information content (AvgIpc) is 2.76. The summed E-state index contributed by atoms with van der Waals surface area (Å²) < 4.78 is 5.32. The van der Waals surface area contributed by atoms with Crippen molar-refractivity contribution < 1.29 is 14.3 Å². The Hall–Kier alpha value is -2.03. The van der Waals surface area contributed by atoms with Gasteiger partial charge in [-0.1, -0.05) is 24.6 Å². The Labute approximate surface area is 105 Å². The minimum Gasteiger partial charge on any atom is -0.475 e. The van der Waals surface area contributed by atoms with Gasteiger partial charge in [-0.3, -0.25) is 0 Å². The van der Waals surface area contributed by atoms with Crippen LogP contribution in [-0.2, 0) is 0 Å². The Morgan fingerprint density at radius 2 is 2.06 bits per heavy atom. The van der Waals surface area contributed by atoms with E-state index in [2.05, 4.69) is 12.1 Å². The van der Waals surface area contributed by atoms with Gasteiger partial charge in [0.05, 0.1) is 0 Å². The molecular formula is C15H14O3. The molecule has 1 aliphatic carbocycles. The number of rotatable bonds is 3. The molecule has 0 spiro atoms. The predicted molar refractivity (Wildman–Crippen MR) is 67.7 cm³/mol. The zero-order valence-electron chi connectivity index (χ0n) is 9.93. The largest absolute Gasteiger partial charge is 0.475 e. The van der Waals surface area contributed by atoms with Crippen LogP contribution in [0.4, 0.5) is 0 Å². The molecule has 92 valence electrons. The summed E-state index contributed by atoms with van der Waals surface area (Å²) in [4.78, 5) is 10.8. The van der Waals surface area contributed by atoms with Gasteiger partial charge in [-0.25, -0.2) is 4.79 Å². The molecule has 3 heteroatoms. The maximum atomic E-state index is 10.8. The lowest BCUT2D eigenvalue weighted by Crippen LogP contribution is -2.08. The van der Waals surface area contributed by atoms with Crippen molar-refractivity contribution in [2.24, 2.45) is 0 Å². The van der Waals surface area contributed by atoms with Crippen molar-refractivity contribution in [1.29, 1.82) is 0 Å². The van der Waals surface area contributed by atoms with Gasteiger partial charge in [0, 0.05) is 5.56 Å². The molecule has 0 amide bonds. The molecular weight excluding hydrogens is 228 g/mol. The molecule has 18 heavy (non-hydrogen) atoms. The van der Waals surface area contributed by atoms with Crippen LogP contribution in [0.1, 0.15) is 41.3 Å². The van der Waals surface area contributed by atoms with E-state index in [1.54, 1.807) is 6.07 Å². The summed E-state index contributed by atoms with van der Waals surface area (Å²) in [7, 11) is 0. The summed E-state index contributed by atoms with van der Waals surface area (Å²) in [6.07, 6.45) is 3.81. The zero-order chi connectivity index (χ0) is 12.5. The number of carboxylic acids is 1. The Kier molecular flexibility index (Phi) is 2.67. The molecule has 1 aromatic heterocycles. The summed E-state index contributed by atoms with van der Waals surface area (Å²) in [6.45, 7) is 0. The first-order valence-corrected chi connectivity index (χ1v) is 6.17. The lowest BCUT2D eigenvalue weighted by atomic mass is 9.79. The first-order chi connectivity index (χ1) is 8.74. The fourth-order valence-electron chi connectivity index (χ4n) is 2.30. The highest BCUT2D eigenvalue weighted by molar-refractivity contribution is 5.85. The van der Waals surface area contributed by atoms with Gasteiger partial charge in [0.25, 0.3) is 0 Å². The van der Waals surface area contributed by atoms with Gasteiger partial charge in [0.1, 0.15) is 5.76 Å². The van der Waals surface area contributed by atoms with Gasteiger partial charge < -0.3 is 9.52 Å². The molecule has 0 radical (unpaired) electrons. The second kappa shape index (κ2) is 4.33. The van der Waals surface area contributed by atoms with Crippen LogP contribution < -0.4 is 0 Å². The minimum atomic E-state index is -1.03. The van der Waals surface area contributed by atoms with Crippen LogP contribution in [-0.4, -0.2) is 11.1 Å². The van der Waals surface area contributed by atoms with Gasteiger partial charge in [0.2, 0.25) is 5.76 Å². The number of carboxylic acid groups (broad SMARTS) is 1. The van der Waals surface area contributed by atoms with Gasteiger partial charge in [-0.2, -0.15) is 0 Å². The number of furan rings is 1. The van der Waals surface area contributed by atoms with E-state index in [1.807, 2.05) is 12.1 Å². The molecule has 3 nitrogen and oxygen atoms in total. The predicted octanol–water partition coefficient (Wildman–Crippen LogP) is 3.91. The number of benzene rings is 1. The summed E-state index contributed by atoms with van der Waals surface area (Å²) in [6, 6.07) is 11.4. The lowest BCUT2D eigenvalue weighted by Gasteiger charge is -2.25. The molecule has 1 N–H and O–H groups in total. The first kappa shape index (κ1) is 11.1. The SMILES string of the molecule is O=C(O)c1ccc(-c2cccc(C3CCC3)c2)o1. The van der Waals surface area contributed by atoms with Gasteiger partial charge >= 0.3 is 5.97 Å². The normalized spacial score (nSPS) is 15.3. The minimum absolute atomic E-state index is 0.0148. The van der Waals surface area contributed by atoms with E-state index < -0.39 is 5.97 Å². The maximum Gasteiger partial charge on any atom is 0.371 e. The Morgan fingerprint density at radius 3 is 2.67 bits per heavy atom. The first-order valence-electron chi connectivity index (χ1n) is 6.17. The van der Waals surface area contributed by atoms with Gasteiger partial charge in [0.15, 0.2) is 0 Å². The number of carbonyl (C=O) groups is 1. The van der Waals surface area contributed by atoms with E-state index in [1.165, 1.54) is 30.9 Å². The van der Waals surface area contributed by atoms with Crippen LogP contribution in [0.25, 0.3) is 11.3 Å². The van der Waals surface area contributed by atoms with Crippen molar-refractivity contribution >= 4 is 5.97 Å². The topological polar surface area (TPSA) is 50.4 Å². The summed E-state index contributed by atoms with van der Waals surface area (Å²) in [5.74, 6) is 0.239. The molecule has 1 aromatic carbocycles. The second-order valence-corrected chi connectivity index (χ2v) is 4.72. The second-order valence-electron chi connectivity index (χ2n) is 4.72. The number of aromatic carboxylic acids is 1. The van der Waals surface area contributed by atoms with Crippen molar-refractivity contribution in [2.75, 3.05) is 0 Å². The maximum absolute atomic E-state index is 10.8. The number of hydrogen-bond acceptors (Lipinski definition) is 2. The quantitative estimate of drug-likeness (QED) is 0.887. The van der Waals surface area contributed by atoms with Gasteiger partial charge in [-0.05, 0) is 42.5 Å². The molecule has 0 saturated heterocycles. The monoisotopic (exact) mass is 242 g/mol. The van der Waals surface area contributed by atoms with Crippen LogP contribution in [0.3, 0.4) is 0 Å². The Bertz CT molecular complexity index is 579. The van der Waals surface area contributed by atoms with E-state index in [4.69, 9.17) is 9.52 Å². The van der Waals surface area contributed by atoms with Crippen molar-refractivity contribution in [3.63, 3.8) is 0 Å². The summed E-state index contributed by atoms with van der Waals surface area (Å²) >= 11 is 0. The van der Waals surface area contributed by atoms with E-state index >= 15 is 0 Å². The van der Waals surface area contributed by atoms with Crippen LogP contribution >= 0.6 is 0 Å². The lowest BCUT2D eigenvalue weighted by molar-refractivity contribution is 0.0663. The summed E-state index contributed by atoms with van der Waals surface area (Å²) in [5.41, 5.74) is 2.28. The highest BCUT2D eigenvalue weighted by Crippen LogP contribution is 2.37. The van der Waals surface area contributed by atoms with Crippen molar-refractivity contribution in [1.82, 2.24) is 0 Å². The molecule has 0 unspecified atom stereocenters. The zero-order valence-corrected chi connectivity index (χ0v) is 9.93. The third-order valence-electron chi connectivity index (χ3n) is 3.56. The fourth-order valence-corrected chi connectivity index (χ4v) is 2.30. The average molecular weight is 242 g/mol. The molecule has 1 saturated carbocycles. The Balaban J connectivity index is 1.92. The van der Waals surface area contributed by atoms with Crippen LogP contribution in [0.5, 0.6) is 0 Å². The van der Waals surface area contributed by atoms with Crippen molar-refractivity contribution in [3.05, 3.63) is 47.7 Å². The van der Waals surface area contributed by atoms with Crippen molar-refractivity contribution in [2.45, 2.75) is 25.2 Å². The van der Waals surface area contributed by atoms with Gasteiger partial charge in [-0.15, -0.1) is 0 Å². The van der Waals surface area contributed by atoms with E-state index in [-0.39, 0.29) is 5.76 Å². The van der Waals surface area contributed by atoms with Crippen LogP contribution in [0, 0.1) is 0 Å². The molecule has 0 atom stereocenters. The smallest absolute Gasteiger partial charge is 0.371 e. The van der Waals surface area contributed by atoms with E-state index in [9.17, 15) is 4.79 Å². The molecule has 3 rings (SSSR count). The molecule has 1 aliphatic rings. The highest BCUT2D eigenvalue weighted by atomic mass is 16.4. The van der Waals surface area contributed by atoms with Crippen molar-refractivity contribution in [3.8, 4) is 11.3 Å². The third kappa shape index (κ3) is 1.92. The third-order valence-corrected chi connectivity index (χ3v) is 3.56. The van der Waals surface area contributed by atoms with Crippen LogP contribution in [0.15, 0.2) is 40.8 Å².